The van der Waals surface area contributed by atoms with Crippen LogP contribution in [0.25, 0.3) is 0 Å². The van der Waals surface area contributed by atoms with Crippen LogP contribution >= 0.6 is 0 Å². The van der Waals surface area contributed by atoms with Crippen molar-refractivity contribution in [1.29, 1.82) is 0 Å². The highest BCUT2D eigenvalue weighted by atomic mass is 16.2. The smallest absolute Gasteiger partial charge is 0.253 e. The van der Waals surface area contributed by atoms with Gasteiger partial charge >= 0.3 is 0 Å². The summed E-state index contributed by atoms with van der Waals surface area (Å²) in [6.07, 6.45) is 3.55. The number of carbonyl (C=O) groups is 1. The summed E-state index contributed by atoms with van der Waals surface area (Å²) in [6.45, 7) is 6.28. The minimum Gasteiger partial charge on any atom is -0.338 e. The predicted octanol–water partition coefficient (Wildman–Crippen LogP) is 1.94. The molecule has 4 nitrogen and oxygen atoms in total. The highest BCUT2D eigenvalue weighted by Crippen LogP contribution is 2.16. The molecular weight excluding hydrogens is 238 g/mol. The normalized spacial score (nSPS) is 15.9. The first-order valence-electron chi connectivity index (χ1n) is 6.62. The molecule has 0 bridgehead atoms. The molecule has 0 saturated carbocycles. The Balaban J connectivity index is 2.08. The standard InChI is InChI=1S/C15H21N3O/c1-12-5-8-18(9-6-12)15(19)13-4-7-16-14(10-13)11-17(2)3/h4,7,10H,1,5-6,8-9,11H2,2-3H3. The van der Waals surface area contributed by atoms with Gasteiger partial charge in [-0.3, -0.25) is 9.78 Å². The van der Waals surface area contributed by atoms with Gasteiger partial charge in [0.05, 0.1) is 5.69 Å². The molecule has 1 aliphatic rings. The van der Waals surface area contributed by atoms with Crippen LogP contribution in [0.15, 0.2) is 30.5 Å². The van der Waals surface area contributed by atoms with Crippen molar-refractivity contribution in [2.75, 3.05) is 27.2 Å². The maximum Gasteiger partial charge on any atom is 0.253 e. The van der Waals surface area contributed by atoms with E-state index in [2.05, 4.69) is 11.6 Å². The Morgan fingerprint density at radius 2 is 2.11 bits per heavy atom. The maximum absolute atomic E-state index is 12.4. The number of nitrogens with zero attached hydrogens (tertiary/aromatic N) is 3. The summed E-state index contributed by atoms with van der Waals surface area (Å²) in [4.78, 5) is 20.6. The van der Waals surface area contributed by atoms with Crippen molar-refractivity contribution in [2.45, 2.75) is 19.4 Å². The minimum absolute atomic E-state index is 0.106. The van der Waals surface area contributed by atoms with Gasteiger partial charge in [-0.2, -0.15) is 0 Å². The molecule has 1 aliphatic heterocycles. The lowest BCUT2D eigenvalue weighted by Crippen LogP contribution is -2.36. The van der Waals surface area contributed by atoms with E-state index in [-0.39, 0.29) is 5.91 Å². The number of amides is 1. The Morgan fingerprint density at radius 1 is 1.42 bits per heavy atom. The molecule has 102 valence electrons. The number of aromatic nitrogens is 1. The van der Waals surface area contributed by atoms with Crippen molar-refractivity contribution >= 4 is 5.91 Å². The second-order valence-electron chi connectivity index (χ2n) is 5.32. The van der Waals surface area contributed by atoms with Crippen molar-refractivity contribution in [3.05, 3.63) is 41.7 Å². The third-order valence-electron chi connectivity index (χ3n) is 3.30. The van der Waals surface area contributed by atoms with Gasteiger partial charge in [0.25, 0.3) is 5.91 Å². The maximum atomic E-state index is 12.4. The van der Waals surface area contributed by atoms with Crippen LogP contribution in [0.5, 0.6) is 0 Å². The van der Waals surface area contributed by atoms with E-state index >= 15 is 0 Å². The molecule has 1 saturated heterocycles. The Labute approximate surface area is 114 Å². The lowest BCUT2D eigenvalue weighted by Gasteiger charge is -2.28. The fourth-order valence-electron chi connectivity index (χ4n) is 2.23. The van der Waals surface area contributed by atoms with E-state index in [0.29, 0.717) is 0 Å². The Kier molecular flexibility index (Phi) is 4.32. The molecule has 0 radical (unpaired) electrons. The van der Waals surface area contributed by atoms with E-state index in [9.17, 15) is 4.79 Å². The number of carbonyl (C=O) groups excluding carboxylic acids is 1. The summed E-state index contributed by atoms with van der Waals surface area (Å²) >= 11 is 0. The molecule has 2 heterocycles. The third kappa shape index (κ3) is 3.64. The van der Waals surface area contributed by atoms with Gasteiger partial charge < -0.3 is 9.80 Å². The van der Waals surface area contributed by atoms with Crippen molar-refractivity contribution in [3.8, 4) is 0 Å². The lowest BCUT2D eigenvalue weighted by atomic mass is 10.0. The number of hydrogen-bond donors (Lipinski definition) is 0. The van der Waals surface area contributed by atoms with E-state index in [1.165, 1.54) is 5.57 Å². The molecular formula is C15H21N3O. The van der Waals surface area contributed by atoms with E-state index in [1.807, 2.05) is 30.0 Å². The van der Waals surface area contributed by atoms with Gasteiger partial charge in [0.1, 0.15) is 0 Å². The SMILES string of the molecule is C=C1CCN(C(=O)c2ccnc(CN(C)C)c2)CC1. The monoisotopic (exact) mass is 259 g/mol. The summed E-state index contributed by atoms with van der Waals surface area (Å²) in [5.74, 6) is 0.106. The molecule has 0 spiro atoms. The van der Waals surface area contributed by atoms with Gasteiger partial charge in [0.2, 0.25) is 0 Å². The largest absolute Gasteiger partial charge is 0.338 e. The lowest BCUT2D eigenvalue weighted by molar-refractivity contribution is 0.0743. The molecule has 1 amide bonds. The van der Waals surface area contributed by atoms with Gasteiger partial charge in [-0.25, -0.2) is 0 Å². The first-order chi connectivity index (χ1) is 9.06. The second-order valence-corrected chi connectivity index (χ2v) is 5.32. The fourth-order valence-corrected chi connectivity index (χ4v) is 2.23. The predicted molar refractivity (Wildman–Crippen MR) is 75.9 cm³/mol. The second kappa shape index (κ2) is 5.97. The first-order valence-corrected chi connectivity index (χ1v) is 6.62. The average molecular weight is 259 g/mol. The number of hydrogen-bond acceptors (Lipinski definition) is 3. The highest BCUT2D eigenvalue weighted by molar-refractivity contribution is 5.94. The van der Waals surface area contributed by atoms with Gasteiger partial charge in [-0.1, -0.05) is 12.2 Å². The highest BCUT2D eigenvalue weighted by Gasteiger charge is 2.19. The number of pyridine rings is 1. The van der Waals surface area contributed by atoms with Gasteiger partial charge in [0, 0.05) is 31.4 Å². The van der Waals surface area contributed by atoms with E-state index in [1.54, 1.807) is 12.3 Å². The van der Waals surface area contributed by atoms with Crippen molar-refractivity contribution < 1.29 is 4.79 Å². The van der Waals surface area contributed by atoms with Gasteiger partial charge in [0.15, 0.2) is 0 Å². The molecule has 2 rings (SSSR count). The zero-order valence-electron chi connectivity index (χ0n) is 11.7. The summed E-state index contributed by atoms with van der Waals surface area (Å²) in [6, 6.07) is 3.69. The van der Waals surface area contributed by atoms with Crippen LogP contribution in [0.2, 0.25) is 0 Å². The molecule has 1 fully saturated rings. The van der Waals surface area contributed by atoms with E-state index in [4.69, 9.17) is 0 Å². The molecule has 0 aromatic carbocycles. The minimum atomic E-state index is 0.106. The summed E-state index contributed by atoms with van der Waals surface area (Å²) in [7, 11) is 3.98. The van der Waals surface area contributed by atoms with E-state index in [0.717, 1.165) is 43.7 Å². The van der Waals surface area contributed by atoms with Crippen LogP contribution in [-0.2, 0) is 6.54 Å². The first kappa shape index (κ1) is 13.7. The summed E-state index contributed by atoms with van der Waals surface area (Å²) in [5.41, 5.74) is 2.91. The summed E-state index contributed by atoms with van der Waals surface area (Å²) in [5, 5.41) is 0. The van der Waals surface area contributed by atoms with Crippen LogP contribution in [0, 0.1) is 0 Å². The number of likely N-dealkylation sites (tertiary alicyclic amines) is 1. The van der Waals surface area contributed by atoms with Crippen LogP contribution in [0.3, 0.4) is 0 Å². The quantitative estimate of drug-likeness (QED) is 0.778. The molecule has 1 aromatic heterocycles. The third-order valence-corrected chi connectivity index (χ3v) is 3.30. The topological polar surface area (TPSA) is 36.4 Å². The molecule has 0 aliphatic carbocycles. The van der Waals surface area contributed by atoms with Crippen LogP contribution in [-0.4, -0.2) is 47.9 Å². The zero-order valence-corrected chi connectivity index (χ0v) is 11.7. The zero-order chi connectivity index (χ0) is 13.8. The van der Waals surface area contributed by atoms with Crippen molar-refractivity contribution in [2.24, 2.45) is 0 Å². The van der Waals surface area contributed by atoms with Crippen LogP contribution < -0.4 is 0 Å². The van der Waals surface area contributed by atoms with Crippen LogP contribution in [0.1, 0.15) is 28.9 Å². The Hall–Kier alpha value is -1.68. The number of piperidine rings is 1. The molecule has 0 N–H and O–H groups in total. The van der Waals surface area contributed by atoms with Crippen LogP contribution in [0.4, 0.5) is 0 Å². The van der Waals surface area contributed by atoms with Crippen molar-refractivity contribution in [3.63, 3.8) is 0 Å². The Bertz CT molecular complexity index is 472. The van der Waals surface area contributed by atoms with Gasteiger partial charge in [-0.15, -0.1) is 0 Å². The molecule has 0 unspecified atom stereocenters. The molecule has 1 aromatic rings. The van der Waals surface area contributed by atoms with E-state index < -0.39 is 0 Å². The number of rotatable bonds is 3. The Morgan fingerprint density at radius 3 is 2.74 bits per heavy atom. The van der Waals surface area contributed by atoms with Gasteiger partial charge in [-0.05, 0) is 39.1 Å². The molecule has 4 heteroatoms. The van der Waals surface area contributed by atoms with Crippen molar-refractivity contribution in [1.82, 2.24) is 14.8 Å². The molecule has 0 atom stereocenters. The fraction of sp³-hybridized carbons (Fsp3) is 0.467. The average Bonchev–Trinajstić information content (AvgIpc) is 2.38. The summed E-state index contributed by atoms with van der Waals surface area (Å²) < 4.78 is 0. The molecule has 19 heavy (non-hydrogen) atoms.